The molecule has 0 spiro atoms. The van der Waals surface area contributed by atoms with Crippen molar-refractivity contribution in [3.8, 4) is 5.75 Å². The van der Waals surface area contributed by atoms with Gasteiger partial charge in [0, 0.05) is 5.75 Å². The molecule has 0 aromatic heterocycles. The molecule has 6 nitrogen and oxygen atoms in total. The first-order valence-corrected chi connectivity index (χ1v) is 11.7. The minimum atomic E-state index is -0.310. The van der Waals surface area contributed by atoms with Gasteiger partial charge < -0.3 is 10.1 Å². The molecule has 2 amide bonds. The van der Waals surface area contributed by atoms with Crippen LogP contribution in [0.5, 0.6) is 5.75 Å². The third kappa shape index (κ3) is 8.29. The summed E-state index contributed by atoms with van der Waals surface area (Å²) in [5.41, 5.74) is 5.06. The van der Waals surface area contributed by atoms with Gasteiger partial charge in [0.2, 0.25) is 0 Å². The number of carbonyl (C=O) groups excluding carboxylic acids is 2. The Labute approximate surface area is 202 Å². The number of thioether (sulfide) groups is 1. The zero-order chi connectivity index (χ0) is 23.5. The minimum Gasteiger partial charge on any atom is -0.484 e. The normalized spacial score (nSPS) is 11.7. The van der Waals surface area contributed by atoms with Crippen molar-refractivity contribution in [1.29, 1.82) is 0 Å². The number of benzene rings is 3. The van der Waals surface area contributed by atoms with Crippen LogP contribution in [-0.2, 0) is 15.3 Å². The highest BCUT2D eigenvalue weighted by Crippen LogP contribution is 2.20. The number of para-hydroxylation sites is 1. The van der Waals surface area contributed by atoms with Gasteiger partial charge in [-0.05, 0) is 54.4 Å². The molecule has 0 heterocycles. The summed E-state index contributed by atoms with van der Waals surface area (Å²) in [5, 5.41) is 6.96. The van der Waals surface area contributed by atoms with Crippen LogP contribution in [0.3, 0.4) is 0 Å². The molecule has 0 aliphatic heterocycles. The van der Waals surface area contributed by atoms with Gasteiger partial charge in [-0.25, -0.2) is 5.43 Å². The van der Waals surface area contributed by atoms with Gasteiger partial charge >= 0.3 is 0 Å². The number of hydrogen-bond acceptors (Lipinski definition) is 5. The lowest BCUT2D eigenvalue weighted by atomic mass is 10.2. The van der Waals surface area contributed by atoms with E-state index >= 15 is 0 Å². The summed E-state index contributed by atoms with van der Waals surface area (Å²) in [6.45, 7) is 1.71. The van der Waals surface area contributed by atoms with E-state index in [0.717, 1.165) is 11.3 Å². The summed E-state index contributed by atoms with van der Waals surface area (Å²) in [6, 6.07) is 24.0. The molecule has 2 N–H and O–H groups in total. The maximum Gasteiger partial charge on any atom is 0.262 e. The Morgan fingerprint density at radius 2 is 1.73 bits per heavy atom. The molecular formula is C25H24ClN3O3S. The van der Waals surface area contributed by atoms with Crippen molar-refractivity contribution >= 4 is 47.1 Å². The van der Waals surface area contributed by atoms with E-state index in [4.69, 9.17) is 16.3 Å². The first kappa shape index (κ1) is 24.4. The van der Waals surface area contributed by atoms with Crippen LogP contribution < -0.4 is 15.5 Å². The molecule has 0 radical (unpaired) electrons. The van der Waals surface area contributed by atoms with E-state index in [9.17, 15) is 9.59 Å². The molecule has 0 unspecified atom stereocenters. The van der Waals surface area contributed by atoms with Gasteiger partial charge in [-0.2, -0.15) is 5.10 Å². The number of hydrazone groups is 1. The van der Waals surface area contributed by atoms with E-state index in [1.54, 1.807) is 66.5 Å². The highest BCUT2D eigenvalue weighted by Gasteiger charge is 2.12. The predicted octanol–water partition coefficient (Wildman–Crippen LogP) is 5.13. The third-order valence-corrected chi connectivity index (χ3v) is 6.04. The Morgan fingerprint density at radius 3 is 2.45 bits per heavy atom. The zero-order valence-electron chi connectivity index (χ0n) is 18.0. The number of carbonyl (C=O) groups is 2. The second-order valence-electron chi connectivity index (χ2n) is 7.06. The number of nitrogens with one attached hydrogen (secondary N) is 2. The summed E-state index contributed by atoms with van der Waals surface area (Å²) < 4.78 is 5.50. The van der Waals surface area contributed by atoms with E-state index in [0.29, 0.717) is 16.5 Å². The van der Waals surface area contributed by atoms with Gasteiger partial charge in [-0.15, -0.1) is 11.8 Å². The fourth-order valence-corrected chi connectivity index (χ4v) is 3.70. The smallest absolute Gasteiger partial charge is 0.262 e. The fourth-order valence-electron chi connectivity index (χ4n) is 2.68. The molecular weight excluding hydrogens is 458 g/mol. The summed E-state index contributed by atoms with van der Waals surface area (Å²) >= 11 is 7.58. The molecule has 0 saturated heterocycles. The average Bonchev–Trinajstić information content (AvgIpc) is 2.84. The standard InChI is InChI=1S/C25H24ClN3O3S/c1-18(33-17-20-7-3-2-4-8-20)25(31)29-27-15-19-11-13-21(14-12-19)32-16-24(30)28-23-10-6-5-9-22(23)26/h2-15,18H,16-17H2,1H3,(H,28,30)(H,29,31)/b27-15-/t18-/m1/s1. The summed E-state index contributed by atoms with van der Waals surface area (Å²) in [7, 11) is 0. The second-order valence-corrected chi connectivity index (χ2v) is 8.80. The Hall–Kier alpha value is -3.29. The number of ether oxygens (including phenoxy) is 1. The minimum absolute atomic E-state index is 0.146. The lowest BCUT2D eigenvalue weighted by Gasteiger charge is -2.09. The van der Waals surface area contributed by atoms with Crippen molar-refractivity contribution in [2.75, 3.05) is 11.9 Å². The van der Waals surface area contributed by atoms with Crippen molar-refractivity contribution in [3.05, 3.63) is 95.0 Å². The summed E-state index contributed by atoms with van der Waals surface area (Å²) in [6.07, 6.45) is 1.56. The van der Waals surface area contributed by atoms with Crippen LogP contribution in [-0.4, -0.2) is 29.9 Å². The molecule has 8 heteroatoms. The number of amides is 2. The number of halogens is 1. The van der Waals surface area contributed by atoms with E-state index in [1.807, 2.05) is 37.3 Å². The Morgan fingerprint density at radius 1 is 1.03 bits per heavy atom. The molecule has 170 valence electrons. The Bertz CT molecular complexity index is 1090. The largest absolute Gasteiger partial charge is 0.484 e. The first-order chi connectivity index (χ1) is 16.0. The number of anilines is 1. The maximum atomic E-state index is 12.2. The van der Waals surface area contributed by atoms with Gasteiger partial charge in [0.1, 0.15) is 5.75 Å². The highest BCUT2D eigenvalue weighted by atomic mass is 35.5. The quantitative estimate of drug-likeness (QED) is 0.311. The molecule has 3 rings (SSSR count). The molecule has 0 saturated carbocycles. The molecule has 0 aliphatic rings. The summed E-state index contributed by atoms with van der Waals surface area (Å²) in [4.78, 5) is 24.2. The van der Waals surface area contributed by atoms with Gasteiger partial charge in [-0.1, -0.05) is 54.1 Å². The third-order valence-electron chi connectivity index (χ3n) is 4.50. The number of nitrogens with zero attached hydrogens (tertiary/aromatic N) is 1. The van der Waals surface area contributed by atoms with E-state index < -0.39 is 0 Å². The molecule has 3 aromatic rings. The molecule has 0 bridgehead atoms. The van der Waals surface area contributed by atoms with Gasteiger partial charge in [0.05, 0.1) is 22.2 Å². The zero-order valence-corrected chi connectivity index (χ0v) is 19.6. The molecule has 33 heavy (non-hydrogen) atoms. The lowest BCUT2D eigenvalue weighted by molar-refractivity contribution is -0.120. The Kier molecular flexibility index (Phi) is 9.35. The van der Waals surface area contributed by atoms with E-state index in [2.05, 4.69) is 15.8 Å². The van der Waals surface area contributed by atoms with Gasteiger partial charge in [0.25, 0.3) is 11.8 Å². The predicted molar refractivity (Wildman–Crippen MR) is 135 cm³/mol. The van der Waals surface area contributed by atoms with Crippen molar-refractivity contribution in [1.82, 2.24) is 5.43 Å². The van der Waals surface area contributed by atoms with E-state index in [-0.39, 0.29) is 23.7 Å². The first-order valence-electron chi connectivity index (χ1n) is 10.3. The molecule has 0 aliphatic carbocycles. The van der Waals surface area contributed by atoms with Crippen LogP contribution in [0.2, 0.25) is 5.02 Å². The fraction of sp³-hybridized carbons (Fsp3) is 0.160. The second kappa shape index (κ2) is 12.7. The van der Waals surface area contributed by atoms with Gasteiger partial charge in [0.15, 0.2) is 6.61 Å². The molecule has 0 fully saturated rings. The van der Waals surface area contributed by atoms with Crippen molar-refractivity contribution in [2.45, 2.75) is 17.9 Å². The van der Waals surface area contributed by atoms with Crippen LogP contribution in [0.25, 0.3) is 0 Å². The number of rotatable bonds is 10. The highest BCUT2D eigenvalue weighted by molar-refractivity contribution is 7.99. The Balaban J connectivity index is 1.40. The van der Waals surface area contributed by atoms with E-state index in [1.165, 1.54) is 5.56 Å². The number of hydrogen-bond donors (Lipinski definition) is 2. The van der Waals surface area contributed by atoms with Crippen molar-refractivity contribution in [2.24, 2.45) is 5.10 Å². The molecule has 3 aromatic carbocycles. The van der Waals surface area contributed by atoms with Gasteiger partial charge in [-0.3, -0.25) is 9.59 Å². The topological polar surface area (TPSA) is 79.8 Å². The average molecular weight is 482 g/mol. The van der Waals surface area contributed by atoms with Crippen molar-refractivity contribution in [3.63, 3.8) is 0 Å². The van der Waals surface area contributed by atoms with Crippen LogP contribution in [0.15, 0.2) is 84.0 Å². The summed E-state index contributed by atoms with van der Waals surface area (Å²) in [5.74, 6) is 0.834. The SMILES string of the molecule is C[C@@H](SCc1ccccc1)C(=O)N/N=C\c1ccc(OCC(=O)Nc2ccccc2Cl)cc1. The molecule has 1 atom stereocenters. The van der Waals surface area contributed by atoms with Crippen LogP contribution in [0.1, 0.15) is 18.1 Å². The van der Waals surface area contributed by atoms with Crippen molar-refractivity contribution < 1.29 is 14.3 Å². The van der Waals surface area contributed by atoms with Crippen LogP contribution in [0, 0.1) is 0 Å². The van der Waals surface area contributed by atoms with Crippen LogP contribution in [0.4, 0.5) is 5.69 Å². The lowest BCUT2D eigenvalue weighted by Crippen LogP contribution is -2.26. The maximum absolute atomic E-state index is 12.2. The monoisotopic (exact) mass is 481 g/mol. The van der Waals surface area contributed by atoms with Crippen LogP contribution >= 0.6 is 23.4 Å².